The molecule has 0 unspecified atom stereocenters. The van der Waals surface area contributed by atoms with Crippen molar-refractivity contribution in [3.63, 3.8) is 0 Å². The van der Waals surface area contributed by atoms with Crippen LogP contribution in [0.1, 0.15) is 17.6 Å². The molecule has 2 N–H and O–H groups in total. The van der Waals surface area contributed by atoms with Gasteiger partial charge in [-0.1, -0.05) is 0 Å². The zero-order chi connectivity index (χ0) is 11.8. The second-order valence-corrected chi connectivity index (χ2v) is 5.34. The Labute approximate surface area is 99.1 Å². The van der Waals surface area contributed by atoms with Gasteiger partial charge in [-0.25, -0.2) is 27.3 Å². The maximum absolute atomic E-state index is 12.6. The highest BCUT2D eigenvalue weighted by Crippen LogP contribution is 2.30. The third-order valence-electron chi connectivity index (χ3n) is 1.70. The summed E-state index contributed by atoms with van der Waals surface area (Å²) in [5.41, 5.74) is -0.508. The minimum atomic E-state index is -4.16. The Hall–Kier alpha value is -0.350. The number of aromatic nitrogens is 1. The predicted molar refractivity (Wildman–Crippen MR) is 58.0 cm³/mol. The van der Waals surface area contributed by atoms with Crippen molar-refractivity contribution in [2.75, 3.05) is 0 Å². The number of nitrogens with zero attached hydrogens (tertiary/aromatic N) is 1. The minimum absolute atomic E-state index is 0.0581. The van der Waals surface area contributed by atoms with Gasteiger partial charge in [-0.05, 0) is 35.1 Å². The fourth-order valence-corrected chi connectivity index (χ4v) is 2.98. The highest BCUT2D eigenvalue weighted by Gasteiger charge is 2.26. The van der Waals surface area contributed by atoms with E-state index in [0.717, 1.165) is 0 Å². The van der Waals surface area contributed by atoms with Gasteiger partial charge in [0.25, 0.3) is 6.43 Å². The molecule has 84 valence electrons. The quantitative estimate of drug-likeness (QED) is 0.652. The summed E-state index contributed by atoms with van der Waals surface area (Å²) in [6.45, 7) is 1.37. The monoisotopic (exact) mass is 348 g/mol. The number of aryl methyl sites for hydroxylation is 1. The van der Waals surface area contributed by atoms with E-state index in [2.05, 4.69) is 4.98 Å². The number of hydrogen-bond donors (Lipinski definition) is 1. The molecular formula is C7H7F2IN2O2S. The first-order chi connectivity index (χ1) is 6.75. The van der Waals surface area contributed by atoms with Crippen molar-refractivity contribution in [3.8, 4) is 0 Å². The van der Waals surface area contributed by atoms with Gasteiger partial charge in [-0.15, -0.1) is 0 Å². The van der Waals surface area contributed by atoms with Crippen LogP contribution < -0.4 is 5.14 Å². The summed E-state index contributed by atoms with van der Waals surface area (Å²) >= 11 is 1.55. The highest BCUT2D eigenvalue weighted by atomic mass is 127. The summed E-state index contributed by atoms with van der Waals surface area (Å²) < 4.78 is 47.5. The van der Waals surface area contributed by atoms with Crippen LogP contribution >= 0.6 is 22.6 Å². The van der Waals surface area contributed by atoms with Gasteiger partial charge in [-0.2, -0.15) is 0 Å². The smallest absolute Gasteiger partial charge is 0.249 e. The van der Waals surface area contributed by atoms with Crippen LogP contribution in [0.15, 0.2) is 11.1 Å². The molecule has 8 heteroatoms. The maximum Gasteiger partial charge on any atom is 0.267 e. The molecule has 0 aromatic carbocycles. The number of pyridine rings is 1. The Kier molecular flexibility index (Phi) is 3.61. The van der Waals surface area contributed by atoms with Crippen molar-refractivity contribution >= 4 is 32.6 Å². The maximum atomic E-state index is 12.6. The predicted octanol–water partition coefficient (Wildman–Crippen LogP) is 1.58. The fraction of sp³-hybridized carbons (Fsp3) is 0.286. The van der Waals surface area contributed by atoms with E-state index in [9.17, 15) is 17.2 Å². The summed E-state index contributed by atoms with van der Waals surface area (Å²) in [5, 5.41) is 4.87. The molecule has 4 nitrogen and oxygen atoms in total. The van der Waals surface area contributed by atoms with Crippen LogP contribution in [0.5, 0.6) is 0 Å². The van der Waals surface area contributed by atoms with E-state index in [0.29, 0.717) is 0 Å². The van der Waals surface area contributed by atoms with Gasteiger partial charge in [0.1, 0.15) is 3.70 Å². The second-order valence-electron chi connectivity index (χ2n) is 2.82. The fourth-order valence-electron chi connectivity index (χ4n) is 1.15. The lowest BCUT2D eigenvalue weighted by Crippen LogP contribution is -2.18. The van der Waals surface area contributed by atoms with E-state index in [4.69, 9.17) is 5.14 Å². The molecule has 15 heavy (non-hydrogen) atoms. The van der Waals surface area contributed by atoms with Gasteiger partial charge in [0.15, 0.2) is 0 Å². The molecule has 0 aliphatic carbocycles. The van der Waals surface area contributed by atoms with E-state index >= 15 is 0 Å². The Morgan fingerprint density at radius 3 is 2.40 bits per heavy atom. The van der Waals surface area contributed by atoms with Gasteiger partial charge in [0, 0.05) is 6.20 Å². The molecule has 0 saturated heterocycles. The molecule has 1 aromatic rings. The van der Waals surface area contributed by atoms with Crippen molar-refractivity contribution < 1.29 is 17.2 Å². The molecule has 0 saturated carbocycles. The van der Waals surface area contributed by atoms with E-state index in [1.165, 1.54) is 13.1 Å². The Balaban J connectivity index is 3.68. The van der Waals surface area contributed by atoms with Crippen LogP contribution in [0.25, 0.3) is 0 Å². The normalized spacial score (nSPS) is 12.1. The van der Waals surface area contributed by atoms with Gasteiger partial charge < -0.3 is 0 Å². The number of hydrogen-bond acceptors (Lipinski definition) is 3. The van der Waals surface area contributed by atoms with E-state index in [-0.39, 0.29) is 9.26 Å². The molecule has 1 rings (SSSR count). The van der Waals surface area contributed by atoms with Crippen LogP contribution in [0.4, 0.5) is 8.78 Å². The number of sulfonamides is 1. The highest BCUT2D eigenvalue weighted by molar-refractivity contribution is 14.1. The van der Waals surface area contributed by atoms with Crippen LogP contribution in [0.3, 0.4) is 0 Å². The van der Waals surface area contributed by atoms with Crippen molar-refractivity contribution in [1.29, 1.82) is 0 Å². The molecule has 1 heterocycles. The summed E-state index contributed by atoms with van der Waals surface area (Å²) in [4.78, 5) is 3.13. The van der Waals surface area contributed by atoms with Gasteiger partial charge in [0.2, 0.25) is 10.0 Å². The molecule has 1 aromatic heterocycles. The SMILES string of the molecule is Cc1cnc(I)c(C(F)F)c1S(N)(=O)=O. The topological polar surface area (TPSA) is 73.0 Å². The summed E-state index contributed by atoms with van der Waals surface area (Å²) in [5.74, 6) is 0. The number of alkyl halides is 2. The number of halogens is 3. The van der Waals surface area contributed by atoms with Gasteiger partial charge >= 0.3 is 0 Å². The van der Waals surface area contributed by atoms with E-state index in [1.807, 2.05) is 0 Å². The lowest BCUT2D eigenvalue weighted by Gasteiger charge is -2.10. The Morgan fingerprint density at radius 1 is 1.53 bits per heavy atom. The number of primary sulfonamides is 1. The zero-order valence-electron chi connectivity index (χ0n) is 7.54. The summed E-state index contributed by atoms with van der Waals surface area (Å²) in [7, 11) is -4.16. The Bertz CT molecular complexity index is 490. The zero-order valence-corrected chi connectivity index (χ0v) is 10.5. The number of nitrogens with two attached hydrogens (primary N) is 1. The molecule has 0 aliphatic heterocycles. The first kappa shape index (κ1) is 12.7. The Morgan fingerprint density at radius 2 is 2.07 bits per heavy atom. The molecule has 0 aliphatic rings. The lowest BCUT2D eigenvalue weighted by atomic mass is 10.2. The van der Waals surface area contributed by atoms with Gasteiger partial charge in [0.05, 0.1) is 10.5 Å². The molecule has 0 radical (unpaired) electrons. The number of rotatable bonds is 2. The molecule has 0 amide bonds. The van der Waals surface area contributed by atoms with Crippen molar-refractivity contribution in [3.05, 3.63) is 21.0 Å². The van der Waals surface area contributed by atoms with E-state index in [1.54, 1.807) is 22.6 Å². The molecule has 0 atom stereocenters. The van der Waals surface area contributed by atoms with Gasteiger partial charge in [-0.3, -0.25) is 0 Å². The molecular weight excluding hydrogens is 341 g/mol. The van der Waals surface area contributed by atoms with Crippen LogP contribution in [0, 0.1) is 10.6 Å². The minimum Gasteiger partial charge on any atom is -0.249 e. The first-order valence-corrected chi connectivity index (χ1v) is 6.33. The van der Waals surface area contributed by atoms with Crippen molar-refractivity contribution in [2.45, 2.75) is 18.2 Å². The van der Waals surface area contributed by atoms with Crippen LogP contribution in [-0.2, 0) is 10.0 Å². The molecule has 0 spiro atoms. The third-order valence-corrected chi connectivity index (χ3v) is 3.67. The third kappa shape index (κ3) is 2.61. The average Bonchev–Trinajstić information content (AvgIpc) is 2.05. The van der Waals surface area contributed by atoms with Crippen molar-refractivity contribution in [2.24, 2.45) is 5.14 Å². The summed E-state index contributed by atoms with van der Waals surface area (Å²) in [6, 6.07) is 0. The molecule has 0 bridgehead atoms. The lowest BCUT2D eigenvalue weighted by molar-refractivity contribution is 0.146. The largest absolute Gasteiger partial charge is 0.267 e. The second kappa shape index (κ2) is 4.26. The molecule has 0 fully saturated rings. The standard InChI is InChI=1S/C7H7F2IN2O2S/c1-3-2-12-7(10)4(6(8)9)5(3)15(11,13)14/h2,6H,1H3,(H2,11,13,14). The first-order valence-electron chi connectivity index (χ1n) is 3.71. The van der Waals surface area contributed by atoms with E-state index < -0.39 is 26.9 Å². The van der Waals surface area contributed by atoms with Crippen LogP contribution in [0.2, 0.25) is 0 Å². The van der Waals surface area contributed by atoms with Crippen molar-refractivity contribution in [1.82, 2.24) is 4.98 Å². The summed E-state index contributed by atoms with van der Waals surface area (Å²) in [6.07, 6.45) is -1.72. The van der Waals surface area contributed by atoms with Crippen LogP contribution in [-0.4, -0.2) is 13.4 Å². The average molecular weight is 348 g/mol.